The summed E-state index contributed by atoms with van der Waals surface area (Å²) in [5.41, 5.74) is 1.46. The minimum atomic E-state index is -0.615. The van der Waals surface area contributed by atoms with Crippen molar-refractivity contribution in [3.8, 4) is 0 Å². The molecule has 1 aliphatic carbocycles. The first-order valence-corrected chi connectivity index (χ1v) is 9.70. The first kappa shape index (κ1) is 19.2. The molecule has 3 aromatic rings. The molecule has 0 spiro atoms. The molecule has 152 valence electrons. The summed E-state index contributed by atoms with van der Waals surface area (Å²) in [4.78, 5) is 15.2. The van der Waals surface area contributed by atoms with E-state index in [2.05, 4.69) is 30.5 Å². The van der Waals surface area contributed by atoms with Gasteiger partial charge in [0.05, 0.1) is 6.04 Å². The largest absolute Gasteiger partial charge is 0.347 e. The van der Waals surface area contributed by atoms with E-state index in [0.717, 1.165) is 17.6 Å². The highest BCUT2D eigenvalue weighted by Crippen LogP contribution is 2.40. The summed E-state index contributed by atoms with van der Waals surface area (Å²) < 4.78 is 27.3. The Balaban J connectivity index is 1.58. The Labute approximate surface area is 167 Å². The van der Waals surface area contributed by atoms with Gasteiger partial charge in [-0.25, -0.2) is 8.78 Å². The zero-order valence-electron chi connectivity index (χ0n) is 16.6. The lowest BCUT2D eigenvalue weighted by molar-refractivity contribution is 0.566. The van der Waals surface area contributed by atoms with Gasteiger partial charge in [0.2, 0.25) is 11.9 Å². The molecule has 1 unspecified atom stereocenters. The molecule has 0 radical (unpaired) electrons. The van der Waals surface area contributed by atoms with Crippen molar-refractivity contribution in [2.45, 2.75) is 45.1 Å². The van der Waals surface area contributed by atoms with Crippen molar-refractivity contribution in [2.75, 3.05) is 17.3 Å². The summed E-state index contributed by atoms with van der Waals surface area (Å²) >= 11 is 0. The lowest BCUT2D eigenvalue weighted by Gasteiger charge is -2.18. The Morgan fingerprint density at radius 1 is 1.21 bits per heavy atom. The molecule has 29 heavy (non-hydrogen) atoms. The maximum Gasteiger partial charge on any atom is 0.235 e. The van der Waals surface area contributed by atoms with Crippen LogP contribution in [0.5, 0.6) is 0 Å². The highest BCUT2D eigenvalue weighted by Gasteiger charge is 2.26. The molecule has 2 N–H and O–H groups in total. The Kier molecular flexibility index (Phi) is 5.12. The quantitative estimate of drug-likeness (QED) is 0.618. The number of aromatic amines is 1. The first-order chi connectivity index (χ1) is 13.9. The van der Waals surface area contributed by atoms with Gasteiger partial charge in [0.15, 0.2) is 5.82 Å². The van der Waals surface area contributed by atoms with Crippen LogP contribution in [-0.4, -0.2) is 32.2 Å². The molecule has 1 aliphatic rings. The Hall–Kier alpha value is -3.10. The Bertz CT molecular complexity index is 1020. The number of anilines is 3. The molecule has 7 nitrogen and oxygen atoms in total. The summed E-state index contributed by atoms with van der Waals surface area (Å²) in [5.74, 6) is 1.44. The van der Waals surface area contributed by atoms with Crippen LogP contribution in [0.15, 0.2) is 24.3 Å². The lowest BCUT2D eigenvalue weighted by Crippen LogP contribution is -2.18. The van der Waals surface area contributed by atoms with Gasteiger partial charge >= 0.3 is 0 Å². The number of aromatic nitrogens is 5. The lowest BCUT2D eigenvalue weighted by atomic mass is 10.1. The smallest absolute Gasteiger partial charge is 0.235 e. The van der Waals surface area contributed by atoms with Gasteiger partial charge in [0.25, 0.3) is 0 Å². The van der Waals surface area contributed by atoms with E-state index in [1.165, 1.54) is 25.0 Å². The number of aryl methyl sites for hydroxylation is 1. The van der Waals surface area contributed by atoms with Gasteiger partial charge in [-0.3, -0.25) is 10.00 Å². The third-order valence-electron chi connectivity index (χ3n) is 5.01. The fraction of sp³-hybridized carbons (Fsp3) is 0.400. The number of H-pyrrole nitrogens is 1. The van der Waals surface area contributed by atoms with Gasteiger partial charge in [-0.15, -0.1) is 0 Å². The second kappa shape index (κ2) is 7.73. The van der Waals surface area contributed by atoms with Crippen molar-refractivity contribution in [3.63, 3.8) is 0 Å². The molecule has 0 bridgehead atoms. The fourth-order valence-electron chi connectivity index (χ4n) is 3.11. The standard InChI is InChI=1S/C20H23F2N7/c1-4-17-24-19(23-11(2)14-8-7-13(21)9-15(14)22)26-20(25-17)29(3)18-10-16(27-28-18)12-5-6-12/h7-12H,4-6H2,1-3H3,(H,27,28)(H,23,24,25,26). The van der Waals surface area contributed by atoms with Crippen molar-refractivity contribution >= 4 is 17.7 Å². The monoisotopic (exact) mass is 399 g/mol. The number of rotatable bonds is 7. The number of benzene rings is 1. The molecule has 9 heteroatoms. The van der Waals surface area contributed by atoms with E-state index in [9.17, 15) is 8.78 Å². The average Bonchev–Trinajstić information content (AvgIpc) is 3.43. The number of hydrogen-bond acceptors (Lipinski definition) is 6. The van der Waals surface area contributed by atoms with Crippen LogP contribution in [0.2, 0.25) is 0 Å². The van der Waals surface area contributed by atoms with Crippen molar-refractivity contribution in [3.05, 3.63) is 53.0 Å². The molecule has 1 fully saturated rings. The number of nitrogens with zero attached hydrogens (tertiary/aromatic N) is 5. The van der Waals surface area contributed by atoms with Crippen LogP contribution in [0.4, 0.5) is 26.5 Å². The van der Waals surface area contributed by atoms with Crippen LogP contribution < -0.4 is 10.2 Å². The van der Waals surface area contributed by atoms with Crippen LogP contribution in [0.1, 0.15) is 55.7 Å². The average molecular weight is 399 g/mol. The Morgan fingerprint density at radius 2 is 2.00 bits per heavy atom. The van der Waals surface area contributed by atoms with Crippen LogP contribution in [0.3, 0.4) is 0 Å². The second-order valence-electron chi connectivity index (χ2n) is 7.28. The zero-order chi connectivity index (χ0) is 20.5. The third-order valence-corrected chi connectivity index (χ3v) is 5.01. The maximum absolute atomic E-state index is 14.1. The molecule has 2 heterocycles. The molecule has 4 rings (SSSR count). The molecule has 0 saturated heterocycles. The van der Waals surface area contributed by atoms with Crippen molar-refractivity contribution in [1.29, 1.82) is 0 Å². The number of halogens is 2. The van der Waals surface area contributed by atoms with Crippen molar-refractivity contribution in [1.82, 2.24) is 25.1 Å². The molecule has 1 aromatic carbocycles. The minimum Gasteiger partial charge on any atom is -0.347 e. The zero-order valence-corrected chi connectivity index (χ0v) is 16.6. The van der Waals surface area contributed by atoms with E-state index >= 15 is 0 Å². The summed E-state index contributed by atoms with van der Waals surface area (Å²) in [7, 11) is 1.84. The maximum atomic E-state index is 14.1. The fourth-order valence-corrected chi connectivity index (χ4v) is 3.11. The molecular weight excluding hydrogens is 376 g/mol. The van der Waals surface area contributed by atoms with Gasteiger partial charge in [-0.1, -0.05) is 13.0 Å². The summed E-state index contributed by atoms with van der Waals surface area (Å²) in [6.07, 6.45) is 2.98. The summed E-state index contributed by atoms with van der Waals surface area (Å²) in [6, 6.07) is 5.08. The number of nitrogens with one attached hydrogen (secondary N) is 2. The van der Waals surface area contributed by atoms with E-state index in [4.69, 9.17) is 0 Å². The predicted octanol–water partition coefficient (Wildman–Crippen LogP) is 4.25. The van der Waals surface area contributed by atoms with E-state index in [-0.39, 0.29) is 0 Å². The van der Waals surface area contributed by atoms with E-state index in [0.29, 0.717) is 35.6 Å². The minimum absolute atomic E-state index is 0.327. The highest BCUT2D eigenvalue weighted by molar-refractivity contribution is 5.53. The predicted molar refractivity (Wildman–Crippen MR) is 106 cm³/mol. The molecule has 0 amide bonds. The normalized spacial score (nSPS) is 14.7. The van der Waals surface area contributed by atoms with Crippen molar-refractivity contribution < 1.29 is 8.78 Å². The van der Waals surface area contributed by atoms with E-state index < -0.39 is 17.7 Å². The highest BCUT2D eigenvalue weighted by atomic mass is 19.1. The van der Waals surface area contributed by atoms with Crippen molar-refractivity contribution in [2.24, 2.45) is 0 Å². The van der Waals surface area contributed by atoms with Gasteiger partial charge in [0.1, 0.15) is 17.5 Å². The first-order valence-electron chi connectivity index (χ1n) is 9.70. The molecular formula is C20H23F2N7. The SMILES string of the molecule is CCc1nc(NC(C)c2ccc(F)cc2F)nc(N(C)c2cc(C3CC3)[nH]n2)n1. The summed E-state index contributed by atoms with van der Waals surface area (Å²) in [6.45, 7) is 3.72. The van der Waals surface area contributed by atoms with E-state index in [1.807, 2.05) is 20.0 Å². The van der Waals surface area contributed by atoms with Gasteiger partial charge in [-0.2, -0.15) is 20.1 Å². The molecule has 1 saturated carbocycles. The number of hydrogen-bond donors (Lipinski definition) is 2. The van der Waals surface area contributed by atoms with Gasteiger partial charge in [-0.05, 0) is 25.8 Å². The molecule has 1 atom stereocenters. The van der Waals surface area contributed by atoms with Gasteiger partial charge in [0, 0.05) is 42.8 Å². The second-order valence-corrected chi connectivity index (χ2v) is 7.28. The van der Waals surface area contributed by atoms with Gasteiger partial charge < -0.3 is 5.32 Å². The van der Waals surface area contributed by atoms with Crippen LogP contribution in [0, 0.1) is 11.6 Å². The third kappa shape index (κ3) is 4.18. The topological polar surface area (TPSA) is 82.6 Å². The molecule has 0 aliphatic heterocycles. The van der Waals surface area contributed by atoms with Crippen LogP contribution in [-0.2, 0) is 6.42 Å². The van der Waals surface area contributed by atoms with Crippen LogP contribution >= 0.6 is 0 Å². The van der Waals surface area contributed by atoms with E-state index in [1.54, 1.807) is 11.8 Å². The molecule has 2 aromatic heterocycles. The summed E-state index contributed by atoms with van der Waals surface area (Å²) in [5, 5.41) is 10.5. The van der Waals surface area contributed by atoms with Crippen LogP contribution in [0.25, 0.3) is 0 Å². The Morgan fingerprint density at radius 3 is 2.69 bits per heavy atom.